The van der Waals surface area contributed by atoms with E-state index >= 15 is 0 Å². The molecule has 4 atom stereocenters. The molecule has 194 valence electrons. The molecule has 2 heteroatoms. The first-order valence-electron chi connectivity index (χ1n) is 13.8. The van der Waals surface area contributed by atoms with Gasteiger partial charge in [-0.2, -0.15) is 0 Å². The van der Waals surface area contributed by atoms with Crippen molar-refractivity contribution >= 4 is 11.4 Å². The predicted octanol–water partition coefficient (Wildman–Crippen LogP) is 8.79. The first kappa shape index (κ1) is 25.1. The third-order valence-electron chi connectivity index (χ3n) is 8.42. The molecule has 0 spiro atoms. The van der Waals surface area contributed by atoms with Gasteiger partial charge >= 0.3 is 0 Å². The molecule has 3 aromatic carbocycles. The molecular weight excluding hydrogens is 476 g/mol. The van der Waals surface area contributed by atoms with Crippen molar-refractivity contribution in [3.63, 3.8) is 0 Å². The number of carbonyl (C=O) groups excluding carboxylic acids is 1. The second kappa shape index (κ2) is 10.5. The van der Waals surface area contributed by atoms with E-state index < -0.39 is 0 Å². The molecule has 3 aliphatic carbocycles. The first-order chi connectivity index (χ1) is 19.0. The highest BCUT2D eigenvalue weighted by molar-refractivity contribution is 5.94. The molecule has 0 N–H and O–H groups in total. The SMILES string of the molecule is COc1ccc(C2C=C(C3=CC4C=CC=CC4C(c4ccc(C)cc4)=C3)C(c3cccc(C(C)=O)c3)C2)cc1. The number of ether oxygens (including phenoxy) is 1. The Morgan fingerprint density at radius 3 is 2.36 bits per heavy atom. The van der Waals surface area contributed by atoms with Crippen molar-refractivity contribution in [1.82, 2.24) is 0 Å². The molecule has 0 fully saturated rings. The summed E-state index contributed by atoms with van der Waals surface area (Å²) in [7, 11) is 1.70. The maximum atomic E-state index is 12.3. The largest absolute Gasteiger partial charge is 0.497 e. The number of aryl methyl sites for hydroxylation is 1. The van der Waals surface area contributed by atoms with Crippen LogP contribution in [-0.4, -0.2) is 12.9 Å². The second-order valence-corrected chi connectivity index (χ2v) is 10.9. The molecule has 3 aromatic rings. The number of hydrogen-bond donors (Lipinski definition) is 0. The van der Waals surface area contributed by atoms with Gasteiger partial charge in [0.25, 0.3) is 0 Å². The van der Waals surface area contributed by atoms with E-state index in [1.165, 1.54) is 39.0 Å². The van der Waals surface area contributed by atoms with Gasteiger partial charge in [0.15, 0.2) is 5.78 Å². The van der Waals surface area contributed by atoms with E-state index in [0.29, 0.717) is 11.8 Å². The van der Waals surface area contributed by atoms with Gasteiger partial charge in [-0.05, 0) is 71.9 Å². The Morgan fingerprint density at radius 1 is 0.846 bits per heavy atom. The first-order valence-corrected chi connectivity index (χ1v) is 13.8. The number of allylic oxidation sites excluding steroid dienone is 10. The van der Waals surface area contributed by atoms with Crippen LogP contribution in [0.4, 0.5) is 0 Å². The number of ketones is 1. The molecule has 0 bridgehead atoms. The highest BCUT2D eigenvalue weighted by Gasteiger charge is 2.34. The van der Waals surface area contributed by atoms with Crippen LogP contribution in [0.15, 0.2) is 126 Å². The number of fused-ring (bicyclic) bond motifs is 1. The van der Waals surface area contributed by atoms with Crippen LogP contribution < -0.4 is 4.74 Å². The summed E-state index contributed by atoms with van der Waals surface area (Å²) < 4.78 is 5.41. The summed E-state index contributed by atoms with van der Waals surface area (Å²) >= 11 is 0. The molecule has 2 nitrogen and oxygen atoms in total. The molecule has 0 aromatic heterocycles. The van der Waals surface area contributed by atoms with Gasteiger partial charge in [0, 0.05) is 29.2 Å². The Kier molecular flexibility index (Phi) is 6.79. The number of carbonyl (C=O) groups is 1. The van der Waals surface area contributed by atoms with Gasteiger partial charge in [0.2, 0.25) is 0 Å². The monoisotopic (exact) mass is 510 g/mol. The van der Waals surface area contributed by atoms with Gasteiger partial charge in [-0.15, -0.1) is 0 Å². The molecule has 0 saturated carbocycles. The molecule has 6 rings (SSSR count). The van der Waals surface area contributed by atoms with Gasteiger partial charge in [-0.1, -0.05) is 103 Å². The lowest BCUT2D eigenvalue weighted by Crippen LogP contribution is -2.18. The lowest BCUT2D eigenvalue weighted by molar-refractivity contribution is 0.101. The number of Topliss-reactive ketones (excluding diaryl/α,β-unsaturated/α-hetero) is 1. The van der Waals surface area contributed by atoms with Crippen LogP contribution in [0.5, 0.6) is 5.75 Å². The van der Waals surface area contributed by atoms with Crippen molar-refractivity contribution in [2.45, 2.75) is 32.1 Å². The third kappa shape index (κ3) is 5.00. The van der Waals surface area contributed by atoms with Gasteiger partial charge in [0.1, 0.15) is 5.75 Å². The number of benzene rings is 3. The van der Waals surface area contributed by atoms with Crippen molar-refractivity contribution in [1.29, 1.82) is 0 Å². The fourth-order valence-electron chi connectivity index (χ4n) is 6.27. The normalized spacial score (nSPS) is 23.5. The molecular formula is C37H34O2. The van der Waals surface area contributed by atoms with E-state index in [1.54, 1.807) is 14.0 Å². The molecule has 0 radical (unpaired) electrons. The van der Waals surface area contributed by atoms with Gasteiger partial charge in [0.05, 0.1) is 7.11 Å². The average molecular weight is 511 g/mol. The molecule has 0 amide bonds. The third-order valence-corrected chi connectivity index (χ3v) is 8.42. The maximum Gasteiger partial charge on any atom is 0.159 e. The molecule has 4 unspecified atom stereocenters. The molecule has 0 heterocycles. The second-order valence-electron chi connectivity index (χ2n) is 10.9. The highest BCUT2D eigenvalue weighted by atomic mass is 16.5. The lowest BCUT2D eigenvalue weighted by atomic mass is 9.73. The van der Waals surface area contributed by atoms with Crippen LogP contribution in [0, 0.1) is 18.8 Å². The van der Waals surface area contributed by atoms with E-state index in [1.807, 2.05) is 24.3 Å². The fourth-order valence-corrected chi connectivity index (χ4v) is 6.27. The number of methoxy groups -OCH3 is 1. The van der Waals surface area contributed by atoms with Crippen molar-refractivity contribution in [2.24, 2.45) is 11.8 Å². The summed E-state index contributed by atoms with van der Waals surface area (Å²) in [5.74, 6) is 2.12. The Hall–Kier alpha value is -4.17. The van der Waals surface area contributed by atoms with Crippen molar-refractivity contribution in [3.8, 4) is 5.75 Å². The molecule has 39 heavy (non-hydrogen) atoms. The summed E-state index contributed by atoms with van der Waals surface area (Å²) in [4.78, 5) is 12.3. The van der Waals surface area contributed by atoms with E-state index in [-0.39, 0.29) is 17.6 Å². The summed E-state index contributed by atoms with van der Waals surface area (Å²) in [6.07, 6.45) is 17.3. The Labute approximate surface area is 231 Å². The summed E-state index contributed by atoms with van der Waals surface area (Å²) in [5, 5.41) is 0. The van der Waals surface area contributed by atoms with Crippen LogP contribution in [-0.2, 0) is 0 Å². The van der Waals surface area contributed by atoms with E-state index in [0.717, 1.165) is 17.7 Å². The zero-order valence-corrected chi connectivity index (χ0v) is 22.8. The van der Waals surface area contributed by atoms with E-state index in [9.17, 15) is 4.79 Å². The van der Waals surface area contributed by atoms with Crippen LogP contribution in [0.3, 0.4) is 0 Å². The standard InChI is InChI=1S/C37H34O2/c1-24-11-13-27(14-12-24)35-23-32(20-29-7-4-5-10-34(29)35)37-22-31(26-15-17-33(39-3)18-16-26)21-36(37)30-9-6-8-28(19-30)25(2)38/h4-20,22-23,29,31,34,36H,21H2,1-3H3. The van der Waals surface area contributed by atoms with E-state index in [4.69, 9.17) is 4.74 Å². The Balaban J connectivity index is 1.46. The number of rotatable bonds is 6. The van der Waals surface area contributed by atoms with Crippen LogP contribution >= 0.6 is 0 Å². The summed E-state index contributed by atoms with van der Waals surface area (Å²) in [6, 6.07) is 25.6. The minimum absolute atomic E-state index is 0.104. The zero-order valence-electron chi connectivity index (χ0n) is 22.8. The fraction of sp³-hybridized carbons (Fsp3) is 0.216. The van der Waals surface area contributed by atoms with Crippen molar-refractivity contribution in [2.75, 3.05) is 7.11 Å². The summed E-state index contributed by atoms with van der Waals surface area (Å²) in [6.45, 7) is 3.78. The smallest absolute Gasteiger partial charge is 0.159 e. The van der Waals surface area contributed by atoms with Crippen LogP contribution in [0.2, 0.25) is 0 Å². The Bertz CT molecular complexity index is 1540. The number of hydrogen-bond acceptors (Lipinski definition) is 2. The van der Waals surface area contributed by atoms with Crippen LogP contribution in [0.25, 0.3) is 5.57 Å². The minimum Gasteiger partial charge on any atom is -0.497 e. The molecule has 3 aliphatic rings. The molecule has 0 aliphatic heterocycles. The summed E-state index contributed by atoms with van der Waals surface area (Å²) in [5.41, 5.74) is 9.82. The van der Waals surface area contributed by atoms with Crippen LogP contribution in [0.1, 0.15) is 57.8 Å². The highest BCUT2D eigenvalue weighted by Crippen LogP contribution is 2.49. The zero-order chi connectivity index (χ0) is 26.9. The Morgan fingerprint density at radius 2 is 1.62 bits per heavy atom. The van der Waals surface area contributed by atoms with Crippen molar-refractivity contribution in [3.05, 3.63) is 154 Å². The van der Waals surface area contributed by atoms with Crippen molar-refractivity contribution < 1.29 is 9.53 Å². The quantitative estimate of drug-likeness (QED) is 0.310. The van der Waals surface area contributed by atoms with Gasteiger partial charge in [-0.25, -0.2) is 0 Å². The average Bonchev–Trinajstić information content (AvgIpc) is 3.43. The topological polar surface area (TPSA) is 26.3 Å². The minimum atomic E-state index is 0.104. The van der Waals surface area contributed by atoms with Gasteiger partial charge in [-0.3, -0.25) is 4.79 Å². The maximum absolute atomic E-state index is 12.3. The molecule has 0 saturated heterocycles. The van der Waals surface area contributed by atoms with E-state index in [2.05, 4.69) is 98.0 Å². The lowest BCUT2D eigenvalue weighted by Gasteiger charge is -2.31. The predicted molar refractivity (Wildman–Crippen MR) is 160 cm³/mol. The van der Waals surface area contributed by atoms with Gasteiger partial charge < -0.3 is 4.74 Å².